The predicted molar refractivity (Wildman–Crippen MR) is 89.0 cm³/mol. The zero-order valence-electron chi connectivity index (χ0n) is 13.8. The van der Waals surface area contributed by atoms with Gasteiger partial charge in [-0.3, -0.25) is 0 Å². The molecule has 0 bridgehead atoms. The molecule has 1 aromatic carbocycles. The van der Waals surface area contributed by atoms with E-state index in [4.69, 9.17) is 4.74 Å². The molecule has 3 nitrogen and oxygen atoms in total. The Morgan fingerprint density at radius 2 is 2.00 bits per heavy atom. The molecule has 1 aromatic rings. The highest BCUT2D eigenvalue weighted by Gasteiger charge is 2.18. The zero-order chi connectivity index (χ0) is 15.1. The van der Waals surface area contributed by atoms with Crippen LogP contribution in [0.3, 0.4) is 0 Å². The van der Waals surface area contributed by atoms with Gasteiger partial charge in [-0.1, -0.05) is 25.1 Å². The van der Waals surface area contributed by atoms with Crippen LogP contribution in [0, 0.1) is 5.92 Å². The molecule has 1 aliphatic rings. The van der Waals surface area contributed by atoms with Gasteiger partial charge >= 0.3 is 0 Å². The number of likely N-dealkylation sites (tertiary alicyclic amines) is 1. The average molecular weight is 290 g/mol. The van der Waals surface area contributed by atoms with Crippen molar-refractivity contribution in [3.8, 4) is 5.75 Å². The van der Waals surface area contributed by atoms with E-state index in [2.05, 4.69) is 36.2 Å². The van der Waals surface area contributed by atoms with Crippen LogP contribution in [-0.4, -0.2) is 44.2 Å². The van der Waals surface area contributed by atoms with Crippen molar-refractivity contribution in [1.29, 1.82) is 0 Å². The highest BCUT2D eigenvalue weighted by atomic mass is 16.5. The summed E-state index contributed by atoms with van der Waals surface area (Å²) < 4.78 is 5.43. The van der Waals surface area contributed by atoms with Gasteiger partial charge in [0.25, 0.3) is 0 Å². The molecule has 3 heteroatoms. The molecule has 118 valence electrons. The summed E-state index contributed by atoms with van der Waals surface area (Å²) in [6, 6.07) is 8.82. The van der Waals surface area contributed by atoms with E-state index in [0.717, 1.165) is 24.6 Å². The first-order chi connectivity index (χ1) is 10.2. The lowest BCUT2D eigenvalue weighted by Crippen LogP contribution is -2.39. The van der Waals surface area contributed by atoms with Crippen molar-refractivity contribution in [3.63, 3.8) is 0 Å². The average Bonchev–Trinajstić information content (AvgIpc) is 2.54. The van der Waals surface area contributed by atoms with Crippen molar-refractivity contribution >= 4 is 0 Å². The summed E-state index contributed by atoms with van der Waals surface area (Å²) in [6.07, 6.45) is 3.70. The molecular formula is C18H30N2O. The maximum absolute atomic E-state index is 5.43. The monoisotopic (exact) mass is 290 g/mol. The summed E-state index contributed by atoms with van der Waals surface area (Å²) in [6.45, 7) is 9.41. The lowest BCUT2D eigenvalue weighted by Gasteiger charge is -2.31. The van der Waals surface area contributed by atoms with Crippen LogP contribution in [0.25, 0.3) is 0 Å². The van der Waals surface area contributed by atoms with Crippen LogP contribution >= 0.6 is 0 Å². The summed E-state index contributed by atoms with van der Waals surface area (Å²) in [5.41, 5.74) is 1.29. The summed E-state index contributed by atoms with van der Waals surface area (Å²) >= 11 is 0. The molecule has 2 rings (SSSR count). The zero-order valence-corrected chi connectivity index (χ0v) is 13.8. The molecule has 1 fully saturated rings. The molecule has 1 N–H and O–H groups in total. The van der Waals surface area contributed by atoms with Crippen molar-refractivity contribution in [2.24, 2.45) is 5.92 Å². The maximum Gasteiger partial charge on any atom is 0.122 e. The first kappa shape index (κ1) is 16.3. The maximum atomic E-state index is 5.43. The molecule has 0 aliphatic carbocycles. The second-order valence-corrected chi connectivity index (χ2v) is 6.20. The van der Waals surface area contributed by atoms with Gasteiger partial charge in [0.15, 0.2) is 0 Å². The van der Waals surface area contributed by atoms with Crippen molar-refractivity contribution in [1.82, 2.24) is 10.2 Å². The molecule has 0 radical (unpaired) electrons. The van der Waals surface area contributed by atoms with Gasteiger partial charge in [0, 0.05) is 6.04 Å². The topological polar surface area (TPSA) is 24.5 Å². The van der Waals surface area contributed by atoms with Gasteiger partial charge in [-0.25, -0.2) is 0 Å². The van der Waals surface area contributed by atoms with Crippen molar-refractivity contribution in [2.45, 2.75) is 39.2 Å². The molecule has 0 spiro atoms. The van der Waals surface area contributed by atoms with E-state index in [1.807, 2.05) is 12.1 Å². The number of benzene rings is 1. The lowest BCUT2D eigenvalue weighted by atomic mass is 9.96. The summed E-state index contributed by atoms with van der Waals surface area (Å²) in [5.74, 6) is 1.84. The molecule has 1 heterocycles. The smallest absolute Gasteiger partial charge is 0.122 e. The lowest BCUT2D eigenvalue weighted by molar-refractivity contribution is 0.188. The molecule has 1 unspecified atom stereocenters. The van der Waals surface area contributed by atoms with Crippen LogP contribution in [0.1, 0.15) is 32.3 Å². The third-order valence-corrected chi connectivity index (χ3v) is 4.63. The normalized spacial score (nSPS) is 18.6. The van der Waals surface area contributed by atoms with E-state index in [9.17, 15) is 0 Å². The fourth-order valence-electron chi connectivity index (χ4n) is 3.15. The SMILES string of the molecule is CCN1CCC(CNC(C)Cc2ccccc2OC)CC1. The predicted octanol–water partition coefficient (Wildman–Crippen LogP) is 2.95. The second kappa shape index (κ2) is 8.40. The Morgan fingerprint density at radius 1 is 1.29 bits per heavy atom. The van der Waals surface area contributed by atoms with Crippen molar-refractivity contribution in [3.05, 3.63) is 29.8 Å². The van der Waals surface area contributed by atoms with Crippen molar-refractivity contribution in [2.75, 3.05) is 33.3 Å². The van der Waals surface area contributed by atoms with E-state index in [-0.39, 0.29) is 0 Å². The van der Waals surface area contributed by atoms with Gasteiger partial charge in [0.05, 0.1) is 7.11 Å². The van der Waals surface area contributed by atoms with Crippen LogP contribution in [0.15, 0.2) is 24.3 Å². The van der Waals surface area contributed by atoms with Gasteiger partial charge in [0.1, 0.15) is 5.75 Å². The number of methoxy groups -OCH3 is 1. The second-order valence-electron chi connectivity index (χ2n) is 6.20. The summed E-state index contributed by atoms with van der Waals surface area (Å²) in [7, 11) is 1.75. The van der Waals surface area contributed by atoms with Crippen LogP contribution in [0.2, 0.25) is 0 Å². The molecule has 0 aromatic heterocycles. The number of nitrogens with one attached hydrogen (secondary N) is 1. The fourth-order valence-corrected chi connectivity index (χ4v) is 3.15. The Bertz CT molecular complexity index is 413. The molecule has 1 saturated heterocycles. The minimum atomic E-state index is 0.491. The minimum Gasteiger partial charge on any atom is -0.496 e. The Morgan fingerprint density at radius 3 is 2.67 bits per heavy atom. The Hall–Kier alpha value is -1.06. The number of rotatable bonds is 7. The van der Waals surface area contributed by atoms with Gasteiger partial charge in [-0.2, -0.15) is 0 Å². The first-order valence-corrected chi connectivity index (χ1v) is 8.30. The van der Waals surface area contributed by atoms with Crippen LogP contribution in [0.4, 0.5) is 0 Å². The highest BCUT2D eigenvalue weighted by molar-refractivity contribution is 5.33. The van der Waals surface area contributed by atoms with E-state index in [1.165, 1.54) is 38.0 Å². The Labute approximate surface area is 129 Å². The minimum absolute atomic E-state index is 0.491. The van der Waals surface area contributed by atoms with E-state index in [0.29, 0.717) is 6.04 Å². The van der Waals surface area contributed by atoms with E-state index >= 15 is 0 Å². The Kier molecular flexibility index (Phi) is 6.52. The quantitative estimate of drug-likeness (QED) is 0.835. The van der Waals surface area contributed by atoms with Gasteiger partial charge in [-0.05, 0) is 69.9 Å². The standard InChI is InChI=1S/C18H30N2O/c1-4-20-11-9-16(10-12-20)14-19-15(2)13-17-7-5-6-8-18(17)21-3/h5-8,15-16,19H,4,9-14H2,1-3H3. The molecule has 0 saturated carbocycles. The molecule has 1 atom stereocenters. The number of hydrogen-bond acceptors (Lipinski definition) is 3. The molecule has 0 amide bonds. The number of para-hydroxylation sites is 1. The van der Waals surface area contributed by atoms with Gasteiger partial charge < -0.3 is 15.0 Å². The van der Waals surface area contributed by atoms with Crippen LogP contribution < -0.4 is 10.1 Å². The third-order valence-electron chi connectivity index (χ3n) is 4.63. The van der Waals surface area contributed by atoms with Gasteiger partial charge in [0.2, 0.25) is 0 Å². The van der Waals surface area contributed by atoms with Crippen molar-refractivity contribution < 1.29 is 4.74 Å². The first-order valence-electron chi connectivity index (χ1n) is 8.30. The van der Waals surface area contributed by atoms with E-state index < -0.39 is 0 Å². The van der Waals surface area contributed by atoms with Crippen LogP contribution in [0.5, 0.6) is 5.75 Å². The molecular weight excluding hydrogens is 260 g/mol. The number of hydrogen-bond donors (Lipinski definition) is 1. The number of piperidine rings is 1. The summed E-state index contributed by atoms with van der Waals surface area (Å²) in [4.78, 5) is 2.55. The third kappa shape index (κ3) is 5.01. The number of nitrogens with zero attached hydrogens (tertiary/aromatic N) is 1. The van der Waals surface area contributed by atoms with Gasteiger partial charge in [-0.15, -0.1) is 0 Å². The van der Waals surface area contributed by atoms with Crippen LogP contribution in [-0.2, 0) is 6.42 Å². The largest absolute Gasteiger partial charge is 0.496 e. The van der Waals surface area contributed by atoms with E-state index in [1.54, 1.807) is 7.11 Å². The fraction of sp³-hybridized carbons (Fsp3) is 0.667. The number of ether oxygens (including phenoxy) is 1. The molecule has 21 heavy (non-hydrogen) atoms. The Balaban J connectivity index is 1.74. The summed E-state index contributed by atoms with van der Waals surface area (Å²) in [5, 5.41) is 3.71. The highest BCUT2D eigenvalue weighted by Crippen LogP contribution is 2.20. The molecule has 1 aliphatic heterocycles.